The zero-order valence-corrected chi connectivity index (χ0v) is 18.2. The largest absolute Gasteiger partial charge is 0.372 e. The molecular formula is C22H33N3O3S. The minimum absolute atomic E-state index is 0.00696. The summed E-state index contributed by atoms with van der Waals surface area (Å²) < 4.78 is 23.4. The summed E-state index contributed by atoms with van der Waals surface area (Å²) in [7, 11) is -2.85. The van der Waals surface area contributed by atoms with E-state index in [0.717, 1.165) is 57.0 Å². The lowest BCUT2D eigenvalue weighted by Gasteiger charge is -2.35. The van der Waals surface area contributed by atoms with E-state index in [1.807, 2.05) is 12.1 Å². The van der Waals surface area contributed by atoms with E-state index in [4.69, 9.17) is 0 Å². The van der Waals surface area contributed by atoms with Crippen LogP contribution >= 0.6 is 0 Å². The average molecular weight is 420 g/mol. The van der Waals surface area contributed by atoms with E-state index in [2.05, 4.69) is 34.2 Å². The van der Waals surface area contributed by atoms with E-state index >= 15 is 0 Å². The average Bonchev–Trinajstić information content (AvgIpc) is 3.09. The van der Waals surface area contributed by atoms with Crippen LogP contribution in [0.4, 0.5) is 11.4 Å². The van der Waals surface area contributed by atoms with Crippen molar-refractivity contribution in [3.63, 3.8) is 0 Å². The van der Waals surface area contributed by atoms with Crippen LogP contribution in [-0.2, 0) is 14.6 Å². The second-order valence-corrected chi connectivity index (χ2v) is 11.3. The quantitative estimate of drug-likeness (QED) is 0.813. The van der Waals surface area contributed by atoms with Gasteiger partial charge in [-0.1, -0.05) is 6.92 Å². The molecule has 3 aliphatic rings. The molecule has 0 saturated carbocycles. The molecule has 6 nitrogen and oxygen atoms in total. The standard InChI is InChI=1S/C22H33N3O3S/c1-17-6-11-24(12-7-17)20-4-2-19(3-5-20)23-22(26)18-8-13-25(14-9-18)21-10-15-29(27,28)16-21/h2-5,17-18,21H,6-16H2,1H3,(H,23,26)/t21-/m0/s1. The van der Waals surface area contributed by atoms with Gasteiger partial charge in [0, 0.05) is 36.4 Å². The Labute approximate surface area is 174 Å². The molecule has 1 aromatic rings. The molecule has 1 aromatic carbocycles. The minimum Gasteiger partial charge on any atom is -0.372 e. The second-order valence-electron chi connectivity index (χ2n) is 9.07. The van der Waals surface area contributed by atoms with Crippen LogP contribution in [0.1, 0.15) is 39.0 Å². The maximum absolute atomic E-state index is 12.7. The van der Waals surface area contributed by atoms with E-state index in [1.54, 1.807) is 0 Å². The van der Waals surface area contributed by atoms with Gasteiger partial charge in [-0.3, -0.25) is 9.69 Å². The Balaban J connectivity index is 1.26. The minimum atomic E-state index is -2.85. The molecule has 1 atom stereocenters. The van der Waals surface area contributed by atoms with E-state index in [1.165, 1.54) is 18.5 Å². The van der Waals surface area contributed by atoms with Crippen molar-refractivity contribution in [3.8, 4) is 0 Å². The van der Waals surface area contributed by atoms with Crippen LogP contribution < -0.4 is 10.2 Å². The topological polar surface area (TPSA) is 69.7 Å². The van der Waals surface area contributed by atoms with Crippen molar-refractivity contribution >= 4 is 27.1 Å². The van der Waals surface area contributed by atoms with E-state index < -0.39 is 9.84 Å². The Bertz CT molecular complexity index is 808. The molecule has 160 valence electrons. The normalized spacial score (nSPS) is 26.5. The summed E-state index contributed by atoms with van der Waals surface area (Å²) in [5.74, 6) is 1.50. The number of amides is 1. The Morgan fingerprint density at radius 1 is 0.966 bits per heavy atom. The summed E-state index contributed by atoms with van der Waals surface area (Å²) in [5, 5.41) is 3.07. The van der Waals surface area contributed by atoms with Gasteiger partial charge >= 0.3 is 0 Å². The number of rotatable bonds is 4. The monoisotopic (exact) mass is 419 g/mol. The first-order valence-electron chi connectivity index (χ1n) is 11.0. The molecule has 0 spiro atoms. The predicted molar refractivity (Wildman–Crippen MR) is 117 cm³/mol. The van der Waals surface area contributed by atoms with Gasteiger partial charge in [-0.2, -0.15) is 0 Å². The van der Waals surface area contributed by atoms with Gasteiger partial charge in [0.15, 0.2) is 9.84 Å². The van der Waals surface area contributed by atoms with Gasteiger partial charge < -0.3 is 10.2 Å². The number of hydrogen-bond donors (Lipinski definition) is 1. The molecule has 3 saturated heterocycles. The van der Waals surface area contributed by atoms with Gasteiger partial charge in [-0.25, -0.2) is 8.42 Å². The van der Waals surface area contributed by atoms with Crippen molar-refractivity contribution in [2.75, 3.05) is 47.9 Å². The summed E-state index contributed by atoms with van der Waals surface area (Å²) in [5.41, 5.74) is 2.09. The number of carbonyl (C=O) groups is 1. The van der Waals surface area contributed by atoms with Crippen LogP contribution in [0.2, 0.25) is 0 Å². The first-order valence-corrected chi connectivity index (χ1v) is 12.8. The molecule has 1 amide bonds. The van der Waals surface area contributed by atoms with Gasteiger partial charge in [-0.15, -0.1) is 0 Å². The van der Waals surface area contributed by atoms with Crippen LogP contribution in [0.25, 0.3) is 0 Å². The van der Waals surface area contributed by atoms with Crippen LogP contribution in [0.5, 0.6) is 0 Å². The third kappa shape index (κ3) is 5.12. The SMILES string of the molecule is CC1CCN(c2ccc(NC(=O)C3CCN([C@H]4CCS(=O)(=O)C4)CC3)cc2)CC1. The molecular weight excluding hydrogens is 386 g/mol. The number of hydrogen-bond acceptors (Lipinski definition) is 5. The highest BCUT2D eigenvalue weighted by atomic mass is 32.2. The lowest BCUT2D eigenvalue weighted by Crippen LogP contribution is -2.44. The molecule has 0 unspecified atom stereocenters. The number of nitrogens with zero attached hydrogens (tertiary/aromatic N) is 2. The van der Waals surface area contributed by atoms with Crippen molar-refractivity contribution in [1.29, 1.82) is 0 Å². The third-order valence-corrected chi connectivity index (χ3v) is 8.66. The molecule has 4 rings (SSSR count). The first-order chi connectivity index (χ1) is 13.9. The van der Waals surface area contributed by atoms with Crippen LogP contribution in [-0.4, -0.2) is 63.0 Å². The summed E-state index contributed by atoms with van der Waals surface area (Å²) in [6.07, 6.45) is 4.81. The molecule has 3 aliphatic heterocycles. The van der Waals surface area contributed by atoms with E-state index in [-0.39, 0.29) is 23.6 Å². The Kier molecular flexibility index (Phi) is 6.16. The fourth-order valence-electron chi connectivity index (χ4n) is 4.86. The summed E-state index contributed by atoms with van der Waals surface area (Å²) in [6.45, 7) is 6.15. The highest BCUT2D eigenvalue weighted by Gasteiger charge is 2.35. The Hall–Kier alpha value is -1.60. The zero-order valence-electron chi connectivity index (χ0n) is 17.3. The van der Waals surface area contributed by atoms with Gasteiger partial charge in [0.05, 0.1) is 11.5 Å². The molecule has 0 radical (unpaired) electrons. The fraction of sp³-hybridized carbons (Fsp3) is 0.682. The highest BCUT2D eigenvalue weighted by Crippen LogP contribution is 2.27. The number of carbonyl (C=O) groups excluding carboxylic acids is 1. The highest BCUT2D eigenvalue weighted by molar-refractivity contribution is 7.91. The maximum Gasteiger partial charge on any atom is 0.227 e. The third-order valence-electron chi connectivity index (χ3n) is 6.91. The van der Waals surface area contributed by atoms with Crippen molar-refractivity contribution < 1.29 is 13.2 Å². The smallest absolute Gasteiger partial charge is 0.227 e. The molecule has 0 aliphatic carbocycles. The number of sulfone groups is 1. The molecule has 29 heavy (non-hydrogen) atoms. The zero-order chi connectivity index (χ0) is 20.4. The molecule has 3 heterocycles. The van der Waals surface area contributed by atoms with Gasteiger partial charge in [0.25, 0.3) is 0 Å². The molecule has 7 heteroatoms. The van der Waals surface area contributed by atoms with Crippen LogP contribution in [0.3, 0.4) is 0 Å². The van der Waals surface area contributed by atoms with Crippen molar-refractivity contribution in [3.05, 3.63) is 24.3 Å². The molecule has 1 N–H and O–H groups in total. The summed E-state index contributed by atoms with van der Waals surface area (Å²) in [6, 6.07) is 8.37. The van der Waals surface area contributed by atoms with Crippen molar-refractivity contribution in [1.82, 2.24) is 4.90 Å². The van der Waals surface area contributed by atoms with Crippen molar-refractivity contribution in [2.24, 2.45) is 11.8 Å². The van der Waals surface area contributed by atoms with Gasteiger partial charge in [-0.05, 0) is 75.4 Å². The summed E-state index contributed by atoms with van der Waals surface area (Å²) >= 11 is 0. The van der Waals surface area contributed by atoms with Crippen LogP contribution in [0.15, 0.2) is 24.3 Å². The van der Waals surface area contributed by atoms with Crippen LogP contribution in [0, 0.1) is 11.8 Å². The van der Waals surface area contributed by atoms with E-state index in [0.29, 0.717) is 5.75 Å². The van der Waals surface area contributed by atoms with E-state index in [9.17, 15) is 13.2 Å². The number of benzene rings is 1. The lowest BCUT2D eigenvalue weighted by atomic mass is 9.94. The first kappa shape index (κ1) is 20.7. The van der Waals surface area contributed by atoms with Crippen molar-refractivity contribution in [2.45, 2.75) is 45.1 Å². The maximum atomic E-state index is 12.7. The summed E-state index contributed by atoms with van der Waals surface area (Å²) in [4.78, 5) is 17.4. The Morgan fingerprint density at radius 3 is 2.21 bits per heavy atom. The number of anilines is 2. The Morgan fingerprint density at radius 2 is 1.62 bits per heavy atom. The molecule has 0 bridgehead atoms. The lowest BCUT2D eigenvalue weighted by molar-refractivity contribution is -0.121. The predicted octanol–water partition coefficient (Wildman–Crippen LogP) is 2.76. The molecule has 3 fully saturated rings. The fourth-order valence-corrected chi connectivity index (χ4v) is 6.62. The number of piperidine rings is 2. The van der Waals surface area contributed by atoms with Gasteiger partial charge in [0.1, 0.15) is 0 Å². The number of likely N-dealkylation sites (tertiary alicyclic amines) is 1. The second kappa shape index (κ2) is 8.64. The molecule has 0 aromatic heterocycles. The number of nitrogens with one attached hydrogen (secondary N) is 1. The van der Waals surface area contributed by atoms with Gasteiger partial charge in [0.2, 0.25) is 5.91 Å².